The van der Waals surface area contributed by atoms with Gasteiger partial charge >= 0.3 is 0 Å². The molecule has 3 aromatic rings. The van der Waals surface area contributed by atoms with Gasteiger partial charge in [0, 0.05) is 27.2 Å². The van der Waals surface area contributed by atoms with Crippen LogP contribution in [0, 0.1) is 5.41 Å². The third kappa shape index (κ3) is 1.17. The van der Waals surface area contributed by atoms with Crippen molar-refractivity contribution in [2.75, 3.05) is 0 Å². The summed E-state index contributed by atoms with van der Waals surface area (Å²) in [6, 6.07) is 21.2. The number of phenols is 2. The van der Waals surface area contributed by atoms with Gasteiger partial charge in [-0.2, -0.15) is 0 Å². The molecule has 0 unspecified atom stereocenters. The molecule has 2 heteroatoms. The number of phenolic OH excluding ortho intramolecular Hbond substituents is 2. The largest absolute Gasteiger partial charge is 0.504 e. The molecule has 0 radical (unpaired) electrons. The van der Waals surface area contributed by atoms with Gasteiger partial charge in [0.25, 0.3) is 0 Å². The molecule has 0 fully saturated rings. The topological polar surface area (TPSA) is 40.5 Å². The standard InChI is InChI=1S/C26H24O2/c1-23-15-9-5-6-10-16(15)24(2)19-13-14-20(27)22(28)21(19)25(3,26(23,24)4)18-12-8-7-11-17(18)23/h5-14,27-28H,1-4H3/t23-,24+,25-,26+/m1/s1. The fourth-order valence-electron chi connectivity index (χ4n) is 7.73. The van der Waals surface area contributed by atoms with Crippen molar-refractivity contribution in [3.63, 3.8) is 0 Å². The van der Waals surface area contributed by atoms with E-state index in [1.54, 1.807) is 6.07 Å². The Morgan fingerprint density at radius 2 is 0.964 bits per heavy atom. The van der Waals surface area contributed by atoms with Crippen LogP contribution in [0.3, 0.4) is 0 Å². The molecule has 3 aromatic carbocycles. The van der Waals surface area contributed by atoms with E-state index in [-0.39, 0.29) is 27.7 Å². The molecule has 140 valence electrons. The zero-order valence-electron chi connectivity index (χ0n) is 16.7. The Balaban J connectivity index is 1.94. The number of rotatable bonds is 0. The van der Waals surface area contributed by atoms with Crippen LogP contribution in [0.4, 0.5) is 0 Å². The lowest BCUT2D eigenvalue weighted by atomic mass is 9.52. The molecule has 0 aromatic heterocycles. The molecule has 0 aliphatic heterocycles. The lowest BCUT2D eigenvalue weighted by molar-refractivity contribution is 0.0988. The summed E-state index contributed by atoms with van der Waals surface area (Å²) in [6.45, 7) is 9.38. The Hall–Kier alpha value is -2.74. The zero-order valence-corrected chi connectivity index (χ0v) is 16.7. The van der Waals surface area contributed by atoms with Gasteiger partial charge < -0.3 is 10.2 Å². The number of fused-ring (bicyclic) bond motifs is 9. The zero-order chi connectivity index (χ0) is 19.7. The van der Waals surface area contributed by atoms with Crippen molar-refractivity contribution in [3.05, 3.63) is 94.0 Å². The molecule has 0 spiro atoms. The third-order valence-corrected chi connectivity index (χ3v) is 9.20. The second-order valence-corrected chi connectivity index (χ2v) is 9.45. The predicted molar refractivity (Wildman–Crippen MR) is 110 cm³/mol. The van der Waals surface area contributed by atoms with Gasteiger partial charge in [0.1, 0.15) is 0 Å². The highest BCUT2D eigenvalue weighted by Crippen LogP contribution is 2.83. The van der Waals surface area contributed by atoms with Crippen LogP contribution in [0.2, 0.25) is 0 Å². The summed E-state index contributed by atoms with van der Waals surface area (Å²) in [5.74, 6) is -0.0000908. The van der Waals surface area contributed by atoms with Gasteiger partial charge in [0.15, 0.2) is 11.5 Å². The van der Waals surface area contributed by atoms with Crippen molar-refractivity contribution >= 4 is 0 Å². The first-order valence-electron chi connectivity index (χ1n) is 10.0. The highest BCUT2D eigenvalue weighted by atomic mass is 16.3. The maximum atomic E-state index is 11.1. The van der Waals surface area contributed by atoms with E-state index in [0.29, 0.717) is 0 Å². The smallest absolute Gasteiger partial charge is 0.161 e. The van der Waals surface area contributed by atoms with Crippen LogP contribution in [0.25, 0.3) is 0 Å². The molecule has 2 N–H and O–H groups in total. The van der Waals surface area contributed by atoms with Gasteiger partial charge in [0.05, 0.1) is 0 Å². The summed E-state index contributed by atoms with van der Waals surface area (Å²) in [4.78, 5) is 0. The van der Waals surface area contributed by atoms with E-state index in [4.69, 9.17) is 0 Å². The molecule has 3 aliphatic carbocycles. The maximum Gasteiger partial charge on any atom is 0.161 e. The second kappa shape index (κ2) is 4.30. The summed E-state index contributed by atoms with van der Waals surface area (Å²) in [5.41, 5.74) is 6.26. The van der Waals surface area contributed by atoms with E-state index in [0.717, 1.165) is 11.1 Å². The molecule has 28 heavy (non-hydrogen) atoms. The normalized spacial score (nSPS) is 36.0. The Labute approximate surface area is 165 Å². The predicted octanol–water partition coefficient (Wildman–Crippen LogP) is 5.36. The van der Waals surface area contributed by atoms with E-state index >= 15 is 0 Å². The quantitative estimate of drug-likeness (QED) is 0.524. The summed E-state index contributed by atoms with van der Waals surface area (Å²) >= 11 is 0. The van der Waals surface area contributed by atoms with Crippen LogP contribution in [-0.2, 0) is 16.2 Å². The molecule has 0 amide bonds. The van der Waals surface area contributed by atoms with Gasteiger partial charge in [0.2, 0.25) is 0 Å². The van der Waals surface area contributed by atoms with Gasteiger partial charge in [-0.3, -0.25) is 0 Å². The Bertz CT molecular complexity index is 1200. The van der Waals surface area contributed by atoms with Crippen molar-refractivity contribution in [1.82, 2.24) is 0 Å². The van der Waals surface area contributed by atoms with Gasteiger partial charge in [-0.25, -0.2) is 0 Å². The van der Waals surface area contributed by atoms with Crippen LogP contribution < -0.4 is 0 Å². The second-order valence-electron chi connectivity index (χ2n) is 9.45. The summed E-state index contributed by atoms with van der Waals surface area (Å²) in [6.07, 6.45) is 0. The number of hydrogen-bond donors (Lipinski definition) is 2. The highest BCUT2D eigenvalue weighted by molar-refractivity contribution is 5.78. The monoisotopic (exact) mass is 368 g/mol. The van der Waals surface area contributed by atoms with Crippen LogP contribution >= 0.6 is 0 Å². The summed E-state index contributed by atoms with van der Waals surface area (Å²) < 4.78 is 0. The first-order valence-corrected chi connectivity index (χ1v) is 10.0. The van der Waals surface area contributed by atoms with Crippen molar-refractivity contribution in [2.45, 2.75) is 43.9 Å². The van der Waals surface area contributed by atoms with Gasteiger partial charge in [-0.15, -0.1) is 0 Å². The SMILES string of the molecule is C[C@@]12c3ccccc3[C@@]3(C)c4ccc(O)c(O)c4[C@@](C)(c4ccccc41)[C@@]23C. The number of aromatic hydroxyl groups is 2. The lowest BCUT2D eigenvalue weighted by Gasteiger charge is -2.49. The minimum atomic E-state index is -0.412. The number of hydrogen-bond acceptors (Lipinski definition) is 2. The van der Waals surface area contributed by atoms with Crippen molar-refractivity contribution in [3.8, 4) is 11.5 Å². The van der Waals surface area contributed by atoms with Gasteiger partial charge in [-0.05, 0) is 33.9 Å². The average molecular weight is 368 g/mol. The molecule has 3 aliphatic rings. The van der Waals surface area contributed by atoms with Crippen molar-refractivity contribution in [2.24, 2.45) is 5.41 Å². The van der Waals surface area contributed by atoms with Crippen molar-refractivity contribution in [1.29, 1.82) is 0 Å². The molecule has 2 nitrogen and oxygen atoms in total. The van der Waals surface area contributed by atoms with Crippen LogP contribution in [0.5, 0.6) is 11.5 Å². The van der Waals surface area contributed by atoms with E-state index in [9.17, 15) is 10.2 Å². The minimum Gasteiger partial charge on any atom is -0.504 e. The molecule has 0 heterocycles. The Kier molecular flexibility index (Phi) is 2.49. The average Bonchev–Trinajstić information content (AvgIpc) is 3.06. The fourth-order valence-corrected chi connectivity index (χ4v) is 7.73. The van der Waals surface area contributed by atoms with E-state index in [1.807, 2.05) is 6.07 Å². The lowest BCUT2D eigenvalue weighted by Crippen LogP contribution is -2.51. The van der Waals surface area contributed by atoms with E-state index in [2.05, 4.69) is 76.2 Å². The minimum absolute atomic E-state index is 0.0355. The van der Waals surface area contributed by atoms with Crippen molar-refractivity contribution < 1.29 is 10.2 Å². The Morgan fingerprint density at radius 3 is 1.46 bits per heavy atom. The van der Waals surface area contributed by atoms with E-state index in [1.165, 1.54) is 22.3 Å². The molecule has 4 atom stereocenters. The maximum absolute atomic E-state index is 11.1. The molecule has 0 bridgehead atoms. The fraction of sp³-hybridized carbons (Fsp3) is 0.308. The highest BCUT2D eigenvalue weighted by Gasteiger charge is 2.80. The molecule has 0 saturated carbocycles. The molecular formula is C26H24O2. The number of benzene rings is 3. The first kappa shape index (κ1) is 16.2. The van der Waals surface area contributed by atoms with Crippen LogP contribution in [-0.4, -0.2) is 10.2 Å². The van der Waals surface area contributed by atoms with Crippen LogP contribution in [0.15, 0.2) is 60.7 Å². The summed E-state index contributed by atoms with van der Waals surface area (Å²) in [7, 11) is 0. The molecular weight excluding hydrogens is 344 g/mol. The van der Waals surface area contributed by atoms with E-state index < -0.39 is 5.41 Å². The summed E-state index contributed by atoms with van der Waals surface area (Å²) in [5, 5.41) is 21.5. The Morgan fingerprint density at radius 1 is 0.536 bits per heavy atom. The molecule has 0 saturated heterocycles. The molecule has 6 rings (SSSR count). The third-order valence-electron chi connectivity index (χ3n) is 9.20. The first-order chi connectivity index (χ1) is 13.3. The van der Waals surface area contributed by atoms with Crippen LogP contribution in [0.1, 0.15) is 61.1 Å². The van der Waals surface area contributed by atoms with Gasteiger partial charge in [-0.1, -0.05) is 82.3 Å².